The van der Waals surface area contributed by atoms with E-state index in [0.717, 1.165) is 24.3 Å². The average Bonchev–Trinajstić information content (AvgIpc) is 3.28. The second kappa shape index (κ2) is 7.35. The van der Waals surface area contributed by atoms with Crippen LogP contribution in [0, 0.1) is 5.82 Å². The summed E-state index contributed by atoms with van der Waals surface area (Å²) in [6, 6.07) is 9.90. The lowest BCUT2D eigenvalue weighted by Crippen LogP contribution is -2.33. The summed E-state index contributed by atoms with van der Waals surface area (Å²) in [6.45, 7) is -0.871. The van der Waals surface area contributed by atoms with E-state index in [9.17, 15) is 31.9 Å². The van der Waals surface area contributed by atoms with Gasteiger partial charge in [0.15, 0.2) is 12.4 Å². The summed E-state index contributed by atoms with van der Waals surface area (Å²) in [5, 5.41) is 3.57. The van der Waals surface area contributed by atoms with Crippen molar-refractivity contribution in [3.8, 4) is 5.69 Å². The van der Waals surface area contributed by atoms with Gasteiger partial charge in [-0.2, -0.15) is 18.3 Å². The van der Waals surface area contributed by atoms with E-state index in [0.29, 0.717) is 15.8 Å². The molecule has 1 aliphatic heterocycles. The fourth-order valence-corrected chi connectivity index (χ4v) is 3.11. The molecule has 0 spiro atoms. The van der Waals surface area contributed by atoms with E-state index in [1.165, 1.54) is 12.1 Å². The molecule has 0 atom stereocenters. The Bertz CT molecular complexity index is 1170. The number of nitrogens with zero attached hydrogens (tertiary/aromatic N) is 3. The number of hydrogen-bond acceptors (Lipinski definition) is 5. The lowest BCUT2D eigenvalue weighted by Gasteiger charge is -2.15. The Hall–Kier alpha value is -4.02. The van der Waals surface area contributed by atoms with Crippen LogP contribution in [-0.4, -0.2) is 39.2 Å². The predicted octanol–water partition coefficient (Wildman–Crippen LogP) is 3.44. The summed E-state index contributed by atoms with van der Waals surface area (Å²) in [6.07, 6.45) is -4.36. The first-order valence-electron chi connectivity index (χ1n) is 8.72. The number of benzene rings is 2. The molecule has 1 aromatic heterocycles. The van der Waals surface area contributed by atoms with Crippen LogP contribution in [0.25, 0.3) is 5.69 Å². The molecule has 0 N–H and O–H groups in total. The van der Waals surface area contributed by atoms with Crippen molar-refractivity contribution >= 4 is 17.8 Å². The first kappa shape index (κ1) is 20.3. The second-order valence-electron chi connectivity index (χ2n) is 6.44. The molecule has 0 saturated heterocycles. The van der Waals surface area contributed by atoms with Gasteiger partial charge in [0.1, 0.15) is 11.4 Å². The van der Waals surface area contributed by atoms with Crippen molar-refractivity contribution in [2.45, 2.75) is 6.18 Å². The molecule has 11 heteroatoms. The molecule has 3 aromatic rings. The number of ether oxygens (including phenoxy) is 1. The minimum atomic E-state index is -5.01. The molecule has 4 rings (SSSR count). The number of imide groups is 1. The van der Waals surface area contributed by atoms with E-state index < -0.39 is 47.8 Å². The summed E-state index contributed by atoms with van der Waals surface area (Å²) in [7, 11) is 0. The van der Waals surface area contributed by atoms with E-state index in [1.807, 2.05) is 0 Å². The third-order valence-electron chi connectivity index (χ3n) is 4.53. The molecule has 2 aromatic carbocycles. The molecular weight excluding hydrogens is 422 g/mol. The van der Waals surface area contributed by atoms with Gasteiger partial charge in [-0.25, -0.2) is 18.8 Å². The number of halogens is 4. The first-order valence-corrected chi connectivity index (χ1v) is 8.72. The number of alkyl halides is 3. The van der Waals surface area contributed by atoms with E-state index in [1.54, 1.807) is 12.1 Å². The molecule has 31 heavy (non-hydrogen) atoms. The molecule has 1 aliphatic rings. The van der Waals surface area contributed by atoms with Crippen LogP contribution >= 0.6 is 0 Å². The van der Waals surface area contributed by atoms with E-state index >= 15 is 0 Å². The largest absolute Gasteiger partial charge is 0.440 e. The quantitative estimate of drug-likeness (QED) is 0.358. The number of aromatic nitrogens is 2. The Morgan fingerprint density at radius 1 is 0.968 bits per heavy atom. The van der Waals surface area contributed by atoms with Crippen molar-refractivity contribution in [1.82, 2.24) is 14.7 Å². The van der Waals surface area contributed by atoms with Gasteiger partial charge in [-0.1, -0.05) is 12.1 Å². The summed E-state index contributed by atoms with van der Waals surface area (Å²) in [5.74, 6) is -3.56. The van der Waals surface area contributed by atoms with Crippen LogP contribution in [0.15, 0.2) is 54.7 Å². The highest BCUT2D eigenvalue weighted by atomic mass is 19.4. The first-order chi connectivity index (χ1) is 14.7. The molecule has 2 heterocycles. The Morgan fingerprint density at radius 3 is 2.10 bits per heavy atom. The molecule has 0 unspecified atom stereocenters. The highest BCUT2D eigenvalue weighted by Crippen LogP contribution is 2.34. The molecular formula is C20H11F4N3O4. The maximum atomic E-state index is 13.7. The van der Waals surface area contributed by atoms with Crippen LogP contribution < -0.4 is 0 Å². The SMILES string of the molecule is O=C(OCN1C(=O)c2ccccc2C1=O)c1cnn(-c2ccc(F)cc2)c1C(F)(F)F. The zero-order valence-electron chi connectivity index (χ0n) is 15.4. The maximum absolute atomic E-state index is 13.7. The number of rotatable bonds is 4. The third kappa shape index (κ3) is 3.54. The third-order valence-corrected chi connectivity index (χ3v) is 4.53. The van der Waals surface area contributed by atoms with Crippen LogP contribution in [-0.2, 0) is 10.9 Å². The molecule has 2 amide bonds. The fourth-order valence-electron chi connectivity index (χ4n) is 3.11. The van der Waals surface area contributed by atoms with Gasteiger partial charge < -0.3 is 4.74 Å². The number of fused-ring (bicyclic) bond motifs is 1. The highest BCUT2D eigenvalue weighted by molar-refractivity contribution is 6.21. The lowest BCUT2D eigenvalue weighted by atomic mass is 10.1. The second-order valence-corrected chi connectivity index (χ2v) is 6.44. The number of hydrogen-bond donors (Lipinski definition) is 0. The van der Waals surface area contributed by atoms with Crippen molar-refractivity contribution in [2.24, 2.45) is 0 Å². The van der Waals surface area contributed by atoms with Gasteiger partial charge in [-0.15, -0.1) is 0 Å². The van der Waals surface area contributed by atoms with E-state index in [4.69, 9.17) is 4.74 Å². The number of carbonyl (C=O) groups excluding carboxylic acids is 3. The minimum Gasteiger partial charge on any atom is -0.440 e. The number of carbonyl (C=O) groups is 3. The van der Waals surface area contributed by atoms with Gasteiger partial charge in [-0.3, -0.25) is 9.59 Å². The van der Waals surface area contributed by atoms with Gasteiger partial charge in [0.05, 0.1) is 23.0 Å². The van der Waals surface area contributed by atoms with Gasteiger partial charge in [-0.05, 0) is 36.4 Å². The Labute approximate surface area is 171 Å². The Morgan fingerprint density at radius 2 is 1.55 bits per heavy atom. The molecule has 158 valence electrons. The normalized spacial score (nSPS) is 13.5. The van der Waals surface area contributed by atoms with Crippen molar-refractivity contribution in [1.29, 1.82) is 0 Å². The van der Waals surface area contributed by atoms with Crippen molar-refractivity contribution < 1.29 is 36.7 Å². The number of amides is 2. The molecule has 0 saturated carbocycles. The Balaban J connectivity index is 1.59. The molecule has 0 fully saturated rings. The molecule has 0 aliphatic carbocycles. The van der Waals surface area contributed by atoms with Crippen LogP contribution in [0.5, 0.6) is 0 Å². The zero-order valence-corrected chi connectivity index (χ0v) is 15.4. The summed E-state index contributed by atoms with van der Waals surface area (Å²) < 4.78 is 59.3. The van der Waals surface area contributed by atoms with Crippen LogP contribution in [0.3, 0.4) is 0 Å². The van der Waals surface area contributed by atoms with Crippen molar-refractivity contribution in [3.05, 3.63) is 82.9 Å². The predicted molar refractivity (Wildman–Crippen MR) is 95.7 cm³/mol. The zero-order chi connectivity index (χ0) is 22.3. The van der Waals surface area contributed by atoms with E-state index in [2.05, 4.69) is 5.10 Å². The Kier molecular flexibility index (Phi) is 4.80. The smallest absolute Gasteiger partial charge is 0.434 e. The van der Waals surface area contributed by atoms with Crippen molar-refractivity contribution in [2.75, 3.05) is 6.73 Å². The van der Waals surface area contributed by atoms with Crippen LogP contribution in [0.4, 0.5) is 17.6 Å². The van der Waals surface area contributed by atoms with Crippen LogP contribution in [0.1, 0.15) is 36.8 Å². The summed E-state index contributed by atoms with van der Waals surface area (Å²) >= 11 is 0. The lowest BCUT2D eigenvalue weighted by molar-refractivity contribution is -0.143. The standard InChI is InChI=1S/C20H11F4N3O4/c21-11-5-7-12(8-6-11)27-16(20(22,23)24)15(9-25-27)19(30)31-10-26-17(28)13-3-1-2-4-14(13)18(26)29/h1-9H,10H2. The topological polar surface area (TPSA) is 81.5 Å². The van der Waals surface area contributed by atoms with Crippen LogP contribution in [0.2, 0.25) is 0 Å². The minimum absolute atomic E-state index is 0.101. The highest BCUT2D eigenvalue weighted by Gasteiger charge is 2.42. The van der Waals surface area contributed by atoms with E-state index in [-0.39, 0.29) is 16.8 Å². The molecule has 0 radical (unpaired) electrons. The average molecular weight is 433 g/mol. The van der Waals surface area contributed by atoms with Crippen molar-refractivity contribution in [3.63, 3.8) is 0 Å². The van der Waals surface area contributed by atoms with Gasteiger partial charge in [0.2, 0.25) is 0 Å². The van der Waals surface area contributed by atoms with Gasteiger partial charge >= 0.3 is 12.1 Å². The fraction of sp³-hybridized carbons (Fsp3) is 0.100. The molecule has 0 bridgehead atoms. The molecule has 7 nitrogen and oxygen atoms in total. The van der Waals surface area contributed by atoms with Gasteiger partial charge in [0, 0.05) is 0 Å². The number of esters is 1. The summed E-state index contributed by atoms with van der Waals surface area (Å²) in [4.78, 5) is 37.6. The van der Waals surface area contributed by atoms with Gasteiger partial charge in [0.25, 0.3) is 11.8 Å². The summed E-state index contributed by atoms with van der Waals surface area (Å²) in [5.41, 5.74) is -2.29. The maximum Gasteiger partial charge on any atom is 0.434 e. The monoisotopic (exact) mass is 433 g/mol.